The van der Waals surface area contributed by atoms with E-state index < -0.39 is 0 Å². The fourth-order valence-electron chi connectivity index (χ4n) is 4.28. The number of benzene rings is 1. The first-order valence-corrected chi connectivity index (χ1v) is 8.30. The standard InChI is InChI=1S/C18H27N3/c19-17(20)14-16(15-6-2-1-3-7-15)21-12-10-18(11-13-21)8-4-5-9-18/h1-3,6-7,16H,4-5,8-14H2,(H3,19,20). The summed E-state index contributed by atoms with van der Waals surface area (Å²) >= 11 is 0. The van der Waals surface area contributed by atoms with Crippen LogP contribution in [0, 0.1) is 10.8 Å². The predicted octanol–water partition coefficient (Wildman–Crippen LogP) is 3.71. The Bertz CT molecular complexity index is 466. The molecule has 21 heavy (non-hydrogen) atoms. The van der Waals surface area contributed by atoms with E-state index in [-0.39, 0.29) is 6.04 Å². The molecule has 3 N–H and O–H groups in total. The molecule has 1 saturated heterocycles. The molecule has 3 rings (SSSR count). The van der Waals surface area contributed by atoms with Crippen LogP contribution in [0.5, 0.6) is 0 Å². The summed E-state index contributed by atoms with van der Waals surface area (Å²) < 4.78 is 0. The molecule has 2 fully saturated rings. The number of nitrogens with zero attached hydrogens (tertiary/aromatic N) is 1. The molecule has 1 atom stereocenters. The van der Waals surface area contributed by atoms with Crippen molar-refractivity contribution >= 4 is 5.84 Å². The van der Waals surface area contributed by atoms with Gasteiger partial charge in [0.15, 0.2) is 0 Å². The van der Waals surface area contributed by atoms with E-state index in [0.29, 0.717) is 17.7 Å². The number of rotatable bonds is 4. The van der Waals surface area contributed by atoms with Gasteiger partial charge < -0.3 is 5.73 Å². The summed E-state index contributed by atoms with van der Waals surface area (Å²) in [5, 5.41) is 7.70. The van der Waals surface area contributed by atoms with Gasteiger partial charge in [0.2, 0.25) is 0 Å². The lowest BCUT2D eigenvalue weighted by molar-refractivity contribution is 0.0775. The number of amidine groups is 1. The van der Waals surface area contributed by atoms with Crippen LogP contribution in [0.25, 0.3) is 0 Å². The van der Waals surface area contributed by atoms with Crippen molar-refractivity contribution in [1.82, 2.24) is 4.90 Å². The van der Waals surface area contributed by atoms with Crippen molar-refractivity contribution in [2.45, 2.75) is 51.0 Å². The first-order valence-electron chi connectivity index (χ1n) is 8.30. The van der Waals surface area contributed by atoms with Crippen molar-refractivity contribution in [3.05, 3.63) is 35.9 Å². The highest BCUT2D eigenvalue weighted by Crippen LogP contribution is 2.47. The molecule has 1 spiro atoms. The quantitative estimate of drug-likeness (QED) is 0.654. The molecule has 3 nitrogen and oxygen atoms in total. The molecule has 1 aliphatic carbocycles. The van der Waals surface area contributed by atoms with Crippen LogP contribution in [0.2, 0.25) is 0 Å². The van der Waals surface area contributed by atoms with E-state index in [0.717, 1.165) is 13.1 Å². The fraction of sp³-hybridized carbons (Fsp3) is 0.611. The molecule has 3 heteroatoms. The maximum absolute atomic E-state index is 7.70. The topological polar surface area (TPSA) is 53.1 Å². The lowest BCUT2D eigenvalue weighted by Gasteiger charge is -2.43. The van der Waals surface area contributed by atoms with E-state index in [1.165, 1.54) is 44.1 Å². The highest BCUT2D eigenvalue weighted by Gasteiger charge is 2.38. The maximum Gasteiger partial charge on any atom is 0.0924 e. The Hall–Kier alpha value is -1.35. The summed E-state index contributed by atoms with van der Waals surface area (Å²) in [5.74, 6) is 0.296. The lowest BCUT2D eigenvalue weighted by atomic mass is 9.76. The molecule has 2 aliphatic rings. The average molecular weight is 285 g/mol. The van der Waals surface area contributed by atoms with E-state index in [1.807, 2.05) is 0 Å². The zero-order valence-electron chi connectivity index (χ0n) is 12.9. The van der Waals surface area contributed by atoms with Gasteiger partial charge in [-0.3, -0.25) is 10.3 Å². The first-order chi connectivity index (χ1) is 10.2. The van der Waals surface area contributed by atoms with Gasteiger partial charge in [0, 0.05) is 12.5 Å². The van der Waals surface area contributed by atoms with Gasteiger partial charge >= 0.3 is 0 Å². The minimum atomic E-state index is 0.280. The highest BCUT2D eigenvalue weighted by molar-refractivity contribution is 5.77. The SMILES string of the molecule is N=C(N)CC(c1ccccc1)N1CCC2(CCCC2)CC1. The minimum absolute atomic E-state index is 0.280. The zero-order valence-corrected chi connectivity index (χ0v) is 12.9. The van der Waals surface area contributed by atoms with E-state index in [4.69, 9.17) is 11.1 Å². The summed E-state index contributed by atoms with van der Waals surface area (Å²) in [7, 11) is 0. The van der Waals surface area contributed by atoms with Crippen LogP contribution in [0.3, 0.4) is 0 Å². The van der Waals surface area contributed by atoms with Crippen LogP contribution in [0.15, 0.2) is 30.3 Å². The highest BCUT2D eigenvalue weighted by atomic mass is 15.2. The number of hydrogen-bond acceptors (Lipinski definition) is 2. The summed E-state index contributed by atoms with van der Waals surface area (Å²) in [6, 6.07) is 10.9. The molecule has 0 amide bonds. The summed E-state index contributed by atoms with van der Waals surface area (Å²) in [4.78, 5) is 2.56. The Labute approximate surface area is 128 Å². The third-order valence-corrected chi connectivity index (χ3v) is 5.56. The van der Waals surface area contributed by atoms with Gasteiger partial charge in [0.05, 0.1) is 5.84 Å². The number of nitrogens with two attached hydrogens (primary N) is 1. The van der Waals surface area contributed by atoms with Crippen LogP contribution in [-0.4, -0.2) is 23.8 Å². The number of likely N-dealkylation sites (tertiary alicyclic amines) is 1. The summed E-state index contributed by atoms with van der Waals surface area (Å²) in [5.41, 5.74) is 7.66. The molecular weight excluding hydrogens is 258 g/mol. The Balaban J connectivity index is 1.71. The zero-order chi connectivity index (χ0) is 14.7. The average Bonchev–Trinajstić information content (AvgIpc) is 2.95. The molecular formula is C18H27N3. The Kier molecular flexibility index (Phi) is 4.29. The van der Waals surface area contributed by atoms with Crippen molar-refractivity contribution in [3.8, 4) is 0 Å². The second kappa shape index (κ2) is 6.18. The maximum atomic E-state index is 7.70. The molecule has 0 radical (unpaired) electrons. The molecule has 1 unspecified atom stereocenters. The third-order valence-electron chi connectivity index (χ3n) is 5.56. The van der Waals surface area contributed by atoms with Gasteiger partial charge in [-0.05, 0) is 49.8 Å². The van der Waals surface area contributed by atoms with E-state index in [2.05, 4.69) is 35.2 Å². The molecule has 114 valence electrons. The Morgan fingerprint density at radius 1 is 1.10 bits per heavy atom. The summed E-state index contributed by atoms with van der Waals surface area (Å²) in [6.07, 6.45) is 9.03. The lowest BCUT2D eigenvalue weighted by Crippen LogP contribution is -2.41. The molecule has 1 heterocycles. The van der Waals surface area contributed by atoms with Gasteiger partial charge in [-0.1, -0.05) is 43.2 Å². The molecule has 1 saturated carbocycles. The third kappa shape index (κ3) is 3.29. The van der Waals surface area contributed by atoms with Crippen LogP contribution in [0.4, 0.5) is 0 Å². The van der Waals surface area contributed by atoms with Crippen LogP contribution in [0.1, 0.15) is 56.6 Å². The van der Waals surface area contributed by atoms with Gasteiger partial charge in [-0.15, -0.1) is 0 Å². The summed E-state index contributed by atoms with van der Waals surface area (Å²) in [6.45, 7) is 2.32. The largest absolute Gasteiger partial charge is 0.388 e. The van der Waals surface area contributed by atoms with Crippen LogP contribution < -0.4 is 5.73 Å². The van der Waals surface area contributed by atoms with Gasteiger partial charge in [-0.25, -0.2) is 0 Å². The van der Waals surface area contributed by atoms with Gasteiger partial charge in [0.1, 0.15) is 0 Å². The number of piperidine rings is 1. The minimum Gasteiger partial charge on any atom is -0.388 e. The Morgan fingerprint density at radius 2 is 1.71 bits per heavy atom. The van der Waals surface area contributed by atoms with E-state index >= 15 is 0 Å². The fourth-order valence-corrected chi connectivity index (χ4v) is 4.28. The first kappa shape index (κ1) is 14.6. The number of nitrogens with one attached hydrogen (secondary N) is 1. The smallest absolute Gasteiger partial charge is 0.0924 e. The van der Waals surface area contributed by atoms with E-state index in [9.17, 15) is 0 Å². The normalized spacial score (nSPS) is 23.2. The van der Waals surface area contributed by atoms with Crippen molar-refractivity contribution in [1.29, 1.82) is 5.41 Å². The van der Waals surface area contributed by atoms with Gasteiger partial charge in [-0.2, -0.15) is 0 Å². The van der Waals surface area contributed by atoms with Crippen molar-refractivity contribution in [3.63, 3.8) is 0 Å². The van der Waals surface area contributed by atoms with Crippen molar-refractivity contribution in [2.75, 3.05) is 13.1 Å². The molecule has 0 bridgehead atoms. The van der Waals surface area contributed by atoms with Crippen LogP contribution in [-0.2, 0) is 0 Å². The molecule has 1 aromatic carbocycles. The Morgan fingerprint density at radius 3 is 2.29 bits per heavy atom. The van der Waals surface area contributed by atoms with Crippen molar-refractivity contribution < 1.29 is 0 Å². The molecule has 1 aromatic rings. The monoisotopic (exact) mass is 285 g/mol. The molecule has 0 aromatic heterocycles. The number of hydrogen-bond donors (Lipinski definition) is 2. The second-order valence-electron chi connectivity index (χ2n) is 6.90. The van der Waals surface area contributed by atoms with Crippen LogP contribution >= 0.6 is 0 Å². The van der Waals surface area contributed by atoms with Gasteiger partial charge in [0.25, 0.3) is 0 Å². The molecule has 1 aliphatic heterocycles. The second-order valence-corrected chi connectivity index (χ2v) is 6.90. The van der Waals surface area contributed by atoms with Crippen molar-refractivity contribution in [2.24, 2.45) is 11.1 Å². The predicted molar refractivity (Wildman–Crippen MR) is 87.4 cm³/mol. The van der Waals surface area contributed by atoms with E-state index in [1.54, 1.807) is 0 Å².